The number of carbonyl (C=O) groups is 5. The maximum atomic E-state index is 13.8. The van der Waals surface area contributed by atoms with Gasteiger partial charge in [-0.15, -0.1) is 0 Å². The van der Waals surface area contributed by atoms with Crippen LogP contribution >= 0.6 is 0 Å². The maximum absolute atomic E-state index is 13.8. The molecule has 0 bridgehead atoms. The molecule has 192 valence electrons. The molecule has 0 unspecified atom stereocenters. The number of nitrogens with zero attached hydrogens (tertiary/aromatic N) is 4. The number of amides is 6. The highest BCUT2D eigenvalue weighted by atomic mass is 16.2. The van der Waals surface area contributed by atoms with Gasteiger partial charge in [-0.3, -0.25) is 29.0 Å². The van der Waals surface area contributed by atoms with Crippen molar-refractivity contribution in [3.63, 3.8) is 0 Å². The lowest BCUT2D eigenvalue weighted by Gasteiger charge is -2.56. The number of carbonyl (C=O) groups excluding carboxylic acids is 5. The normalized spacial score (nSPS) is 20.6. The number of barbiturate groups is 1. The summed E-state index contributed by atoms with van der Waals surface area (Å²) in [5.41, 5.74) is 1.02. The summed E-state index contributed by atoms with van der Waals surface area (Å²) in [4.78, 5) is 71.2. The van der Waals surface area contributed by atoms with Gasteiger partial charge >= 0.3 is 6.03 Å². The molecular formula is C27H29N5O5. The van der Waals surface area contributed by atoms with Crippen LogP contribution in [0.1, 0.15) is 29.3 Å². The topological polar surface area (TPSA) is 110 Å². The Bertz CT molecular complexity index is 1290. The quantitative estimate of drug-likeness (QED) is 0.642. The number of benzene rings is 2. The number of imide groups is 2. The molecule has 5 rings (SSSR count). The van der Waals surface area contributed by atoms with Crippen molar-refractivity contribution in [3.05, 3.63) is 59.7 Å². The molecule has 1 spiro atoms. The van der Waals surface area contributed by atoms with Crippen LogP contribution in [0.3, 0.4) is 0 Å². The highest BCUT2D eigenvalue weighted by Crippen LogP contribution is 2.47. The fourth-order valence-corrected chi connectivity index (χ4v) is 5.76. The standard InChI is InChI=1S/C27H29N5O5/c1-4-22(33)31-12-13-32-20-11-10-19(28-23(34)17-8-6-5-7-9-17)14-18(20)15-27(21(32)16-31)24(35)29(2)26(37)30(3)25(27)36/h5-11,14,21H,4,12-13,15-16H2,1-3H3,(H,28,34)/t21-/m1/s1. The van der Waals surface area contributed by atoms with Gasteiger partial charge in [-0.2, -0.15) is 0 Å². The van der Waals surface area contributed by atoms with Gasteiger partial charge in [0.25, 0.3) is 5.91 Å². The number of urea groups is 1. The van der Waals surface area contributed by atoms with Gasteiger partial charge in [0.15, 0.2) is 5.41 Å². The monoisotopic (exact) mass is 503 g/mol. The van der Waals surface area contributed by atoms with Crippen LogP contribution in [0.4, 0.5) is 16.2 Å². The zero-order valence-electron chi connectivity index (χ0n) is 21.1. The third kappa shape index (κ3) is 3.75. The lowest BCUT2D eigenvalue weighted by atomic mass is 9.67. The largest absolute Gasteiger partial charge is 0.363 e. The molecule has 0 aliphatic carbocycles. The average molecular weight is 504 g/mol. The Kier molecular flexibility index (Phi) is 5.97. The van der Waals surface area contributed by atoms with E-state index in [1.807, 2.05) is 17.0 Å². The minimum Gasteiger partial charge on any atom is -0.363 e. The predicted molar refractivity (Wildman–Crippen MR) is 136 cm³/mol. The van der Waals surface area contributed by atoms with Crippen molar-refractivity contribution in [2.24, 2.45) is 5.41 Å². The Hall–Kier alpha value is -4.21. The number of anilines is 2. The second kappa shape index (κ2) is 9.02. The molecule has 2 aromatic rings. The smallest absolute Gasteiger partial charge is 0.332 e. The van der Waals surface area contributed by atoms with Crippen LogP contribution in [0, 0.1) is 5.41 Å². The summed E-state index contributed by atoms with van der Waals surface area (Å²) >= 11 is 0. The van der Waals surface area contributed by atoms with Crippen molar-refractivity contribution < 1.29 is 24.0 Å². The van der Waals surface area contributed by atoms with Crippen LogP contribution in [-0.2, 0) is 20.8 Å². The van der Waals surface area contributed by atoms with Crippen LogP contribution in [0.2, 0.25) is 0 Å². The molecule has 6 amide bonds. The van der Waals surface area contributed by atoms with Gasteiger partial charge in [-0.25, -0.2) is 4.79 Å². The van der Waals surface area contributed by atoms with E-state index in [1.165, 1.54) is 14.1 Å². The van der Waals surface area contributed by atoms with Gasteiger partial charge in [0, 0.05) is 57.1 Å². The van der Waals surface area contributed by atoms with Gasteiger partial charge in [0.05, 0.1) is 6.04 Å². The predicted octanol–water partition coefficient (Wildman–Crippen LogP) is 1.96. The molecule has 2 fully saturated rings. The molecule has 2 saturated heterocycles. The lowest BCUT2D eigenvalue weighted by Crippen LogP contribution is -2.75. The summed E-state index contributed by atoms with van der Waals surface area (Å²) in [5.74, 6) is -1.48. The van der Waals surface area contributed by atoms with E-state index in [4.69, 9.17) is 0 Å². The summed E-state index contributed by atoms with van der Waals surface area (Å²) in [6.45, 7) is 2.87. The molecule has 0 aromatic heterocycles. The first-order valence-electron chi connectivity index (χ1n) is 12.3. The summed E-state index contributed by atoms with van der Waals surface area (Å²) in [6, 6.07) is 13.0. The molecule has 1 atom stereocenters. The van der Waals surface area contributed by atoms with Crippen molar-refractivity contribution in [3.8, 4) is 0 Å². The van der Waals surface area contributed by atoms with Gasteiger partial charge in [-0.05, 0) is 42.3 Å². The van der Waals surface area contributed by atoms with Gasteiger partial charge in [-0.1, -0.05) is 25.1 Å². The second-order valence-corrected chi connectivity index (χ2v) is 9.73. The number of hydrogen-bond donors (Lipinski definition) is 1. The van der Waals surface area contributed by atoms with E-state index in [2.05, 4.69) is 5.32 Å². The Morgan fingerprint density at radius 1 is 0.973 bits per heavy atom. The number of rotatable bonds is 3. The number of hydrogen-bond acceptors (Lipinski definition) is 6. The van der Waals surface area contributed by atoms with Gasteiger partial charge in [0.2, 0.25) is 17.7 Å². The first-order chi connectivity index (χ1) is 17.7. The third-order valence-corrected chi connectivity index (χ3v) is 7.70. The second-order valence-electron chi connectivity index (χ2n) is 9.73. The van der Waals surface area contributed by atoms with Gasteiger partial charge in [0.1, 0.15) is 0 Å². The SMILES string of the molecule is CCC(=O)N1CCN2c3ccc(NC(=O)c4ccccc4)cc3CC3(C(=O)N(C)C(=O)N(C)C3=O)[C@H]2C1. The Balaban J connectivity index is 1.57. The summed E-state index contributed by atoms with van der Waals surface area (Å²) in [6.07, 6.45) is 0.368. The molecule has 1 N–H and O–H groups in total. The summed E-state index contributed by atoms with van der Waals surface area (Å²) < 4.78 is 0. The lowest BCUT2D eigenvalue weighted by molar-refractivity contribution is -0.161. The fraction of sp³-hybridized carbons (Fsp3) is 0.370. The zero-order chi connectivity index (χ0) is 26.5. The minimum atomic E-state index is -1.58. The first-order valence-corrected chi connectivity index (χ1v) is 12.3. The summed E-state index contributed by atoms with van der Waals surface area (Å²) in [5, 5.41) is 2.89. The zero-order valence-corrected chi connectivity index (χ0v) is 21.1. The van der Waals surface area contributed by atoms with Crippen molar-refractivity contribution in [2.75, 3.05) is 43.9 Å². The molecule has 3 aliphatic heterocycles. The molecule has 0 saturated carbocycles. The van der Waals surface area contributed by atoms with Crippen LogP contribution in [0.15, 0.2) is 48.5 Å². The third-order valence-electron chi connectivity index (χ3n) is 7.70. The Morgan fingerprint density at radius 3 is 2.30 bits per heavy atom. The molecular weight excluding hydrogens is 474 g/mol. The first kappa shape index (κ1) is 24.5. The highest BCUT2D eigenvalue weighted by Gasteiger charge is 2.64. The average Bonchev–Trinajstić information content (AvgIpc) is 2.93. The Morgan fingerprint density at radius 2 is 1.65 bits per heavy atom. The number of nitrogens with one attached hydrogen (secondary N) is 1. The van der Waals surface area contributed by atoms with Gasteiger partial charge < -0.3 is 15.1 Å². The maximum Gasteiger partial charge on any atom is 0.332 e. The van der Waals surface area contributed by atoms with Crippen LogP contribution < -0.4 is 10.2 Å². The molecule has 3 heterocycles. The van der Waals surface area contributed by atoms with Crippen molar-refractivity contribution in [1.29, 1.82) is 0 Å². The van der Waals surface area contributed by atoms with E-state index in [0.29, 0.717) is 30.8 Å². The molecule has 10 nitrogen and oxygen atoms in total. The van der Waals surface area contributed by atoms with Crippen molar-refractivity contribution >= 4 is 41.0 Å². The van der Waals surface area contributed by atoms with Crippen LogP contribution in [0.25, 0.3) is 0 Å². The van der Waals surface area contributed by atoms with Crippen molar-refractivity contribution in [2.45, 2.75) is 25.8 Å². The molecule has 37 heavy (non-hydrogen) atoms. The summed E-state index contributed by atoms with van der Waals surface area (Å²) in [7, 11) is 2.76. The molecule has 3 aliphatic rings. The fourth-order valence-electron chi connectivity index (χ4n) is 5.76. The number of piperazine rings is 1. The molecule has 2 aromatic carbocycles. The van der Waals surface area contributed by atoms with Crippen LogP contribution in [0.5, 0.6) is 0 Å². The minimum absolute atomic E-state index is 0.0479. The van der Waals surface area contributed by atoms with E-state index in [9.17, 15) is 24.0 Å². The van der Waals surface area contributed by atoms with E-state index in [-0.39, 0.29) is 24.8 Å². The van der Waals surface area contributed by atoms with E-state index in [1.54, 1.807) is 48.2 Å². The number of fused-ring (bicyclic) bond motifs is 4. The van der Waals surface area contributed by atoms with Crippen molar-refractivity contribution in [1.82, 2.24) is 14.7 Å². The Labute approximate surface area is 214 Å². The highest BCUT2D eigenvalue weighted by molar-refractivity contribution is 6.20. The van der Waals surface area contributed by atoms with E-state index < -0.39 is 29.3 Å². The molecule has 10 heteroatoms. The van der Waals surface area contributed by atoms with E-state index in [0.717, 1.165) is 21.1 Å². The van der Waals surface area contributed by atoms with E-state index >= 15 is 0 Å². The van der Waals surface area contributed by atoms with Crippen LogP contribution in [-0.4, -0.2) is 84.1 Å². The molecule has 0 radical (unpaired) electrons.